The van der Waals surface area contributed by atoms with Gasteiger partial charge in [0.2, 0.25) is 0 Å². The van der Waals surface area contributed by atoms with Crippen LogP contribution >= 0.6 is 0 Å². The van der Waals surface area contributed by atoms with E-state index in [1.54, 1.807) is 12.1 Å². The van der Waals surface area contributed by atoms with Crippen molar-refractivity contribution < 1.29 is 9.90 Å². The SMILES string of the molecule is CN1C2CCCC1CC(Nc1cccc(C(=O)O)c1N)C2. The minimum atomic E-state index is -0.976. The molecule has 2 unspecified atom stereocenters. The van der Waals surface area contributed by atoms with Crippen LogP contribution in [0.15, 0.2) is 18.2 Å². The second-order valence-corrected chi connectivity index (χ2v) is 6.29. The van der Waals surface area contributed by atoms with E-state index in [1.807, 2.05) is 6.07 Å². The Hall–Kier alpha value is -1.75. The van der Waals surface area contributed by atoms with Gasteiger partial charge in [-0.2, -0.15) is 0 Å². The highest BCUT2D eigenvalue weighted by atomic mass is 16.4. The van der Waals surface area contributed by atoms with Gasteiger partial charge in [0, 0.05) is 18.1 Å². The Morgan fingerprint density at radius 1 is 1.33 bits per heavy atom. The Bertz CT molecular complexity index is 532. The zero-order chi connectivity index (χ0) is 15.0. The van der Waals surface area contributed by atoms with Crippen LogP contribution in [0.2, 0.25) is 0 Å². The maximum Gasteiger partial charge on any atom is 0.337 e. The summed E-state index contributed by atoms with van der Waals surface area (Å²) >= 11 is 0. The molecule has 0 aliphatic carbocycles. The Labute approximate surface area is 125 Å². The molecule has 1 aromatic rings. The zero-order valence-electron chi connectivity index (χ0n) is 12.4. The van der Waals surface area contributed by atoms with Crippen molar-refractivity contribution in [1.82, 2.24) is 4.90 Å². The molecule has 0 aromatic heterocycles. The summed E-state index contributed by atoms with van der Waals surface area (Å²) in [5, 5.41) is 12.6. The lowest BCUT2D eigenvalue weighted by atomic mass is 9.82. The van der Waals surface area contributed by atoms with Crippen LogP contribution in [-0.4, -0.2) is 41.1 Å². The molecule has 2 bridgehead atoms. The van der Waals surface area contributed by atoms with E-state index in [-0.39, 0.29) is 5.56 Å². The van der Waals surface area contributed by atoms with Gasteiger partial charge in [-0.05, 0) is 44.9 Å². The van der Waals surface area contributed by atoms with Crippen molar-refractivity contribution in [2.45, 2.75) is 50.2 Å². The molecule has 2 fully saturated rings. The number of aromatic carboxylic acids is 1. The Kier molecular flexibility index (Phi) is 3.76. The van der Waals surface area contributed by atoms with E-state index in [1.165, 1.54) is 19.3 Å². The summed E-state index contributed by atoms with van der Waals surface area (Å²) in [6.07, 6.45) is 6.04. The number of nitrogen functional groups attached to an aromatic ring is 1. The summed E-state index contributed by atoms with van der Waals surface area (Å²) in [4.78, 5) is 13.7. The van der Waals surface area contributed by atoms with Gasteiger partial charge in [-0.3, -0.25) is 0 Å². The summed E-state index contributed by atoms with van der Waals surface area (Å²) in [5.41, 5.74) is 7.26. The first-order valence-corrected chi connectivity index (χ1v) is 7.66. The zero-order valence-corrected chi connectivity index (χ0v) is 12.4. The third-order valence-corrected chi connectivity index (χ3v) is 5.04. The fourth-order valence-electron chi connectivity index (χ4n) is 3.83. The molecule has 1 aromatic carbocycles. The van der Waals surface area contributed by atoms with E-state index in [2.05, 4.69) is 17.3 Å². The van der Waals surface area contributed by atoms with Crippen LogP contribution in [0.5, 0.6) is 0 Å². The van der Waals surface area contributed by atoms with Crippen molar-refractivity contribution in [3.05, 3.63) is 23.8 Å². The van der Waals surface area contributed by atoms with Gasteiger partial charge in [0.25, 0.3) is 0 Å². The number of hydrogen-bond acceptors (Lipinski definition) is 4. The molecular formula is C16H23N3O2. The molecule has 2 aliphatic heterocycles. The van der Waals surface area contributed by atoms with Crippen molar-refractivity contribution in [3.63, 3.8) is 0 Å². The predicted octanol–water partition coefficient (Wildman–Crippen LogP) is 2.39. The highest BCUT2D eigenvalue weighted by Gasteiger charge is 2.36. The first-order chi connectivity index (χ1) is 10.1. The lowest BCUT2D eigenvalue weighted by molar-refractivity contribution is 0.0608. The number of hydrogen-bond donors (Lipinski definition) is 3. The average molecular weight is 289 g/mol. The van der Waals surface area contributed by atoms with Crippen molar-refractivity contribution in [2.75, 3.05) is 18.1 Å². The third kappa shape index (κ3) is 2.70. The van der Waals surface area contributed by atoms with Crippen LogP contribution in [0.3, 0.4) is 0 Å². The minimum Gasteiger partial charge on any atom is -0.478 e. The fraction of sp³-hybridized carbons (Fsp3) is 0.562. The summed E-state index contributed by atoms with van der Waals surface area (Å²) < 4.78 is 0. The number of fused-ring (bicyclic) bond motifs is 2. The normalized spacial score (nSPS) is 29.1. The molecule has 21 heavy (non-hydrogen) atoms. The Balaban J connectivity index is 1.76. The second kappa shape index (κ2) is 5.56. The number of nitrogens with zero attached hydrogens (tertiary/aromatic N) is 1. The van der Waals surface area contributed by atoms with Crippen molar-refractivity contribution in [1.29, 1.82) is 0 Å². The van der Waals surface area contributed by atoms with Crippen LogP contribution in [0.1, 0.15) is 42.5 Å². The van der Waals surface area contributed by atoms with Crippen LogP contribution < -0.4 is 11.1 Å². The number of carbonyl (C=O) groups is 1. The number of nitrogens with one attached hydrogen (secondary N) is 1. The number of piperidine rings is 2. The monoisotopic (exact) mass is 289 g/mol. The number of rotatable bonds is 3. The molecule has 3 rings (SSSR count). The van der Waals surface area contributed by atoms with E-state index in [0.717, 1.165) is 18.5 Å². The van der Waals surface area contributed by atoms with E-state index in [9.17, 15) is 4.79 Å². The maximum absolute atomic E-state index is 11.2. The molecule has 114 valence electrons. The fourth-order valence-corrected chi connectivity index (χ4v) is 3.83. The van der Waals surface area contributed by atoms with Gasteiger partial charge in [-0.25, -0.2) is 4.79 Å². The van der Waals surface area contributed by atoms with Gasteiger partial charge in [0.15, 0.2) is 0 Å². The van der Waals surface area contributed by atoms with Crippen LogP contribution in [0, 0.1) is 0 Å². The number of nitrogens with two attached hydrogens (primary N) is 1. The van der Waals surface area contributed by atoms with E-state index >= 15 is 0 Å². The molecule has 0 amide bonds. The smallest absolute Gasteiger partial charge is 0.337 e. The standard InChI is InChI=1S/C16H23N3O2/c1-19-11-4-2-5-12(19)9-10(8-11)18-14-7-3-6-13(15(14)17)16(20)21/h3,6-7,10-12,18H,2,4-5,8-9,17H2,1H3,(H,20,21). The van der Waals surface area contributed by atoms with E-state index < -0.39 is 5.97 Å². The van der Waals surface area contributed by atoms with Gasteiger partial charge >= 0.3 is 5.97 Å². The lowest BCUT2D eigenvalue weighted by Crippen LogP contribution is -2.52. The van der Waals surface area contributed by atoms with Gasteiger partial charge in [-0.1, -0.05) is 12.5 Å². The molecule has 5 heteroatoms. The number of carboxylic acids is 1. The van der Waals surface area contributed by atoms with Crippen LogP contribution in [0.4, 0.5) is 11.4 Å². The molecule has 0 spiro atoms. The summed E-state index contributed by atoms with van der Waals surface area (Å²) in [6.45, 7) is 0. The van der Waals surface area contributed by atoms with Crippen molar-refractivity contribution in [3.8, 4) is 0 Å². The first kappa shape index (κ1) is 14.2. The Morgan fingerprint density at radius 2 is 2.00 bits per heavy atom. The Morgan fingerprint density at radius 3 is 2.62 bits per heavy atom. The van der Waals surface area contributed by atoms with Crippen molar-refractivity contribution >= 4 is 17.3 Å². The van der Waals surface area contributed by atoms with Gasteiger partial charge in [-0.15, -0.1) is 0 Å². The van der Waals surface area contributed by atoms with Gasteiger partial charge in [0.05, 0.1) is 16.9 Å². The van der Waals surface area contributed by atoms with Crippen molar-refractivity contribution in [2.24, 2.45) is 0 Å². The molecule has 4 N–H and O–H groups in total. The van der Waals surface area contributed by atoms with Crippen LogP contribution in [0.25, 0.3) is 0 Å². The quantitative estimate of drug-likeness (QED) is 0.745. The average Bonchev–Trinajstić information content (AvgIpc) is 2.42. The topological polar surface area (TPSA) is 78.6 Å². The number of para-hydroxylation sites is 1. The molecule has 2 saturated heterocycles. The second-order valence-electron chi connectivity index (χ2n) is 6.29. The summed E-state index contributed by atoms with van der Waals surface area (Å²) in [6, 6.07) is 6.82. The molecule has 5 nitrogen and oxygen atoms in total. The number of anilines is 2. The third-order valence-electron chi connectivity index (χ3n) is 5.04. The number of carboxylic acid groups (broad SMARTS) is 1. The van der Waals surface area contributed by atoms with E-state index in [4.69, 9.17) is 10.8 Å². The van der Waals surface area contributed by atoms with Gasteiger partial charge in [0.1, 0.15) is 0 Å². The molecular weight excluding hydrogens is 266 g/mol. The first-order valence-electron chi connectivity index (χ1n) is 7.66. The largest absolute Gasteiger partial charge is 0.478 e. The summed E-state index contributed by atoms with van der Waals surface area (Å²) in [7, 11) is 2.23. The highest BCUT2D eigenvalue weighted by Crippen LogP contribution is 2.35. The van der Waals surface area contributed by atoms with Gasteiger partial charge < -0.3 is 21.1 Å². The predicted molar refractivity (Wildman–Crippen MR) is 83.6 cm³/mol. The molecule has 2 aliphatic rings. The maximum atomic E-state index is 11.2. The van der Waals surface area contributed by atoms with Crippen LogP contribution in [-0.2, 0) is 0 Å². The molecule has 0 radical (unpaired) electrons. The molecule has 2 atom stereocenters. The minimum absolute atomic E-state index is 0.174. The lowest BCUT2D eigenvalue weighted by Gasteiger charge is -2.47. The number of benzene rings is 1. The van der Waals surface area contributed by atoms with E-state index in [0.29, 0.717) is 23.8 Å². The molecule has 0 saturated carbocycles. The summed E-state index contributed by atoms with van der Waals surface area (Å²) in [5.74, 6) is -0.976. The molecule has 2 heterocycles. The highest BCUT2D eigenvalue weighted by molar-refractivity contribution is 5.97.